The topological polar surface area (TPSA) is 46.1 Å². The Morgan fingerprint density at radius 3 is 2.67 bits per heavy atom. The first-order chi connectivity index (χ1) is 11.8. The average Bonchev–Trinajstić information content (AvgIpc) is 3.15. The number of anilines is 1. The van der Waals surface area contributed by atoms with Crippen molar-refractivity contribution in [2.24, 2.45) is 5.92 Å². The lowest BCUT2D eigenvalue weighted by Gasteiger charge is -2.22. The second-order valence-corrected chi connectivity index (χ2v) is 6.59. The van der Waals surface area contributed by atoms with Crippen molar-refractivity contribution in [1.82, 2.24) is 9.97 Å². The molecular formula is C20H21N3O. The molecule has 0 amide bonds. The zero-order valence-electron chi connectivity index (χ0n) is 13.7. The first-order valence-electron chi connectivity index (χ1n) is 8.67. The van der Waals surface area contributed by atoms with Crippen molar-refractivity contribution in [1.29, 1.82) is 0 Å². The molecule has 0 bridgehead atoms. The van der Waals surface area contributed by atoms with Gasteiger partial charge in [-0.2, -0.15) is 0 Å². The highest BCUT2D eigenvalue weighted by molar-refractivity contribution is 5.98. The Morgan fingerprint density at radius 2 is 1.88 bits per heavy atom. The number of carbonyl (C=O) groups is 1. The largest absolute Gasteiger partial charge is 0.341 e. The van der Waals surface area contributed by atoms with E-state index in [4.69, 9.17) is 4.98 Å². The average molecular weight is 319 g/mol. The molecule has 4 rings (SSSR count). The van der Waals surface area contributed by atoms with E-state index in [1.54, 1.807) is 6.20 Å². The van der Waals surface area contributed by atoms with Crippen LogP contribution < -0.4 is 4.90 Å². The Balaban J connectivity index is 1.55. The van der Waals surface area contributed by atoms with Gasteiger partial charge in [0.25, 0.3) is 0 Å². The highest BCUT2D eigenvalue weighted by atomic mass is 16.1. The Hall–Kier alpha value is -2.49. The second kappa shape index (κ2) is 6.56. The van der Waals surface area contributed by atoms with Crippen molar-refractivity contribution in [3.8, 4) is 0 Å². The predicted molar refractivity (Wildman–Crippen MR) is 95.1 cm³/mol. The third-order valence-corrected chi connectivity index (χ3v) is 4.81. The van der Waals surface area contributed by atoms with Crippen molar-refractivity contribution < 1.29 is 4.79 Å². The Morgan fingerprint density at radius 1 is 1.08 bits per heavy atom. The minimum Gasteiger partial charge on any atom is -0.341 e. The van der Waals surface area contributed by atoms with Gasteiger partial charge >= 0.3 is 0 Å². The molecule has 0 unspecified atom stereocenters. The normalized spacial score (nSPS) is 20.6. The molecule has 122 valence electrons. The van der Waals surface area contributed by atoms with E-state index >= 15 is 0 Å². The van der Waals surface area contributed by atoms with Crippen LogP contribution in [-0.4, -0.2) is 28.8 Å². The summed E-state index contributed by atoms with van der Waals surface area (Å²) >= 11 is 0. The van der Waals surface area contributed by atoms with Gasteiger partial charge in [0.2, 0.25) is 5.95 Å². The fourth-order valence-corrected chi connectivity index (χ4v) is 3.48. The van der Waals surface area contributed by atoms with E-state index in [1.165, 1.54) is 12.8 Å². The van der Waals surface area contributed by atoms with Crippen molar-refractivity contribution in [3.05, 3.63) is 59.4 Å². The molecule has 2 heterocycles. The number of ketones is 1. The van der Waals surface area contributed by atoms with Crippen LogP contribution in [0.4, 0.5) is 5.95 Å². The zero-order valence-corrected chi connectivity index (χ0v) is 13.7. The molecule has 1 atom stereocenters. The number of allylic oxidation sites excluding steroid dienone is 1. The standard InChI is InChI=1S/C20H21N3O/c24-19-13-16(9-8-15-6-2-1-3-7-15)12-18-17(19)14-21-20(22-18)23-10-4-5-11-23/h1-3,6-9,14,16H,4-5,10-13H2/b9-8+/t16-/m0/s1. The third-order valence-electron chi connectivity index (χ3n) is 4.81. The van der Waals surface area contributed by atoms with Crippen molar-refractivity contribution >= 4 is 17.8 Å². The summed E-state index contributed by atoms with van der Waals surface area (Å²) < 4.78 is 0. The summed E-state index contributed by atoms with van der Waals surface area (Å²) in [5, 5.41) is 0. The number of carbonyl (C=O) groups excluding carboxylic acids is 1. The van der Waals surface area contributed by atoms with Crippen LogP contribution in [0.25, 0.3) is 6.08 Å². The van der Waals surface area contributed by atoms with Gasteiger partial charge in [-0.25, -0.2) is 9.97 Å². The molecule has 1 aliphatic heterocycles. The highest BCUT2D eigenvalue weighted by Crippen LogP contribution is 2.27. The van der Waals surface area contributed by atoms with Crippen LogP contribution in [0.15, 0.2) is 42.6 Å². The van der Waals surface area contributed by atoms with Crippen molar-refractivity contribution in [3.63, 3.8) is 0 Å². The molecule has 0 N–H and O–H groups in total. The molecule has 0 spiro atoms. The summed E-state index contributed by atoms with van der Waals surface area (Å²) in [6.07, 6.45) is 9.73. The molecule has 1 aromatic carbocycles. The quantitative estimate of drug-likeness (QED) is 0.868. The summed E-state index contributed by atoms with van der Waals surface area (Å²) in [6.45, 7) is 2.04. The van der Waals surface area contributed by atoms with E-state index in [0.717, 1.165) is 36.7 Å². The number of hydrogen-bond donors (Lipinski definition) is 0. The molecule has 2 aliphatic rings. The third kappa shape index (κ3) is 3.09. The molecule has 1 aromatic heterocycles. The van der Waals surface area contributed by atoms with Gasteiger partial charge in [0, 0.05) is 25.7 Å². The van der Waals surface area contributed by atoms with Crippen LogP contribution in [0.3, 0.4) is 0 Å². The van der Waals surface area contributed by atoms with Crippen LogP contribution >= 0.6 is 0 Å². The van der Waals surface area contributed by atoms with Crippen LogP contribution in [0, 0.1) is 5.92 Å². The predicted octanol–water partition coefficient (Wildman–Crippen LogP) is 3.54. The Labute approximate surface area is 142 Å². The fraction of sp³-hybridized carbons (Fsp3) is 0.350. The second-order valence-electron chi connectivity index (χ2n) is 6.59. The Bertz CT molecular complexity index is 764. The summed E-state index contributed by atoms with van der Waals surface area (Å²) in [5.74, 6) is 1.16. The number of Topliss-reactive ketones (excluding diaryl/α,β-unsaturated/α-hetero) is 1. The fourth-order valence-electron chi connectivity index (χ4n) is 3.48. The summed E-state index contributed by atoms with van der Waals surface area (Å²) in [4.78, 5) is 23.8. The maximum atomic E-state index is 12.4. The molecule has 1 fully saturated rings. The van der Waals surface area contributed by atoms with Gasteiger partial charge in [0.05, 0.1) is 11.3 Å². The van der Waals surface area contributed by atoms with E-state index in [1.807, 2.05) is 18.2 Å². The molecule has 24 heavy (non-hydrogen) atoms. The number of rotatable bonds is 3. The number of fused-ring (bicyclic) bond motifs is 1. The molecule has 4 heteroatoms. The van der Waals surface area contributed by atoms with Crippen LogP contribution in [0.2, 0.25) is 0 Å². The number of nitrogens with zero attached hydrogens (tertiary/aromatic N) is 3. The number of hydrogen-bond acceptors (Lipinski definition) is 4. The summed E-state index contributed by atoms with van der Waals surface area (Å²) in [5.41, 5.74) is 2.78. The van der Waals surface area contributed by atoms with Crippen molar-refractivity contribution in [2.45, 2.75) is 25.7 Å². The van der Waals surface area contributed by atoms with Crippen molar-refractivity contribution in [2.75, 3.05) is 18.0 Å². The van der Waals surface area contributed by atoms with Gasteiger partial charge in [0.1, 0.15) is 0 Å². The van der Waals surface area contributed by atoms with E-state index < -0.39 is 0 Å². The summed E-state index contributed by atoms with van der Waals surface area (Å²) in [6, 6.07) is 10.2. The molecule has 1 aliphatic carbocycles. The van der Waals surface area contributed by atoms with E-state index in [0.29, 0.717) is 12.0 Å². The SMILES string of the molecule is O=C1C[C@@H](/C=C/c2ccccc2)Cc2nc(N3CCCC3)ncc21. The van der Waals surface area contributed by atoms with Gasteiger partial charge in [-0.1, -0.05) is 42.5 Å². The smallest absolute Gasteiger partial charge is 0.225 e. The number of benzene rings is 1. The minimum absolute atomic E-state index is 0.159. The lowest BCUT2D eigenvalue weighted by molar-refractivity contribution is 0.0957. The first-order valence-corrected chi connectivity index (χ1v) is 8.67. The van der Waals surface area contributed by atoms with E-state index in [9.17, 15) is 4.79 Å². The maximum Gasteiger partial charge on any atom is 0.225 e. The zero-order chi connectivity index (χ0) is 16.4. The first kappa shape index (κ1) is 15.1. The highest BCUT2D eigenvalue weighted by Gasteiger charge is 2.26. The molecule has 2 aromatic rings. The molecule has 0 saturated carbocycles. The summed E-state index contributed by atoms with van der Waals surface area (Å²) in [7, 11) is 0. The molecular weight excluding hydrogens is 298 g/mol. The van der Waals surface area contributed by atoms with Gasteiger partial charge in [0.15, 0.2) is 5.78 Å². The van der Waals surface area contributed by atoms with E-state index in [-0.39, 0.29) is 11.7 Å². The lowest BCUT2D eigenvalue weighted by Crippen LogP contribution is -2.25. The monoisotopic (exact) mass is 319 g/mol. The van der Waals surface area contributed by atoms with Gasteiger partial charge in [-0.15, -0.1) is 0 Å². The minimum atomic E-state index is 0.159. The maximum absolute atomic E-state index is 12.4. The Kier molecular flexibility index (Phi) is 4.11. The van der Waals surface area contributed by atoms with Crippen LogP contribution in [0.5, 0.6) is 0 Å². The van der Waals surface area contributed by atoms with Crippen LogP contribution in [-0.2, 0) is 6.42 Å². The lowest BCUT2D eigenvalue weighted by atomic mass is 9.86. The van der Waals surface area contributed by atoms with Crippen LogP contribution in [0.1, 0.15) is 40.9 Å². The molecule has 0 radical (unpaired) electrons. The van der Waals surface area contributed by atoms with Gasteiger partial charge < -0.3 is 4.90 Å². The van der Waals surface area contributed by atoms with Gasteiger partial charge in [-0.05, 0) is 30.7 Å². The molecule has 4 nitrogen and oxygen atoms in total. The molecule has 1 saturated heterocycles. The van der Waals surface area contributed by atoms with E-state index in [2.05, 4.69) is 34.2 Å². The van der Waals surface area contributed by atoms with Gasteiger partial charge in [-0.3, -0.25) is 4.79 Å². The number of aromatic nitrogens is 2.